The summed E-state index contributed by atoms with van der Waals surface area (Å²) in [6.45, 7) is 12.7. The average Bonchev–Trinajstić information content (AvgIpc) is 2.60. The van der Waals surface area contributed by atoms with E-state index in [9.17, 15) is 16.8 Å². The Morgan fingerprint density at radius 2 is 1.12 bits per heavy atom. The quantitative estimate of drug-likeness (QED) is 0.363. The van der Waals surface area contributed by atoms with Crippen LogP contribution in [0.4, 0.5) is 0 Å². The van der Waals surface area contributed by atoms with Gasteiger partial charge >= 0.3 is 0 Å². The van der Waals surface area contributed by atoms with Gasteiger partial charge in [-0.2, -0.15) is 0 Å². The molecular weight excluding hydrogens is 660 g/mol. The first-order chi connectivity index (χ1) is 14.8. The van der Waals surface area contributed by atoms with Crippen LogP contribution in [0.15, 0.2) is 55.1 Å². The van der Waals surface area contributed by atoms with Gasteiger partial charge in [0.2, 0.25) is 20.0 Å². The fourth-order valence-electron chi connectivity index (χ4n) is 2.72. The van der Waals surface area contributed by atoms with E-state index in [1.54, 1.807) is 31.2 Å². The van der Waals surface area contributed by atoms with Gasteiger partial charge in [-0.1, -0.05) is 59.9 Å². The fraction of sp³-hybridized carbons (Fsp3) is 0.455. The number of nitrogens with one attached hydrogen (secondary N) is 2. The summed E-state index contributed by atoms with van der Waals surface area (Å²) in [7, 11) is -6.94. The van der Waals surface area contributed by atoms with Crippen LogP contribution in [0, 0.1) is 6.92 Å². The predicted octanol–water partition coefficient (Wildman–Crippen LogP) is 6.26. The molecule has 0 amide bonds. The Kier molecular flexibility index (Phi) is 10.8. The third-order valence-electron chi connectivity index (χ3n) is 3.89. The van der Waals surface area contributed by atoms with Gasteiger partial charge < -0.3 is 0 Å². The van der Waals surface area contributed by atoms with Crippen molar-refractivity contribution in [2.75, 3.05) is 0 Å². The summed E-state index contributed by atoms with van der Waals surface area (Å²) in [5.41, 5.74) is 0.474. The molecule has 2 aromatic rings. The Morgan fingerprint density at radius 3 is 1.55 bits per heavy atom. The highest BCUT2D eigenvalue weighted by molar-refractivity contribution is 9.11. The van der Waals surface area contributed by atoms with E-state index < -0.39 is 31.1 Å². The molecule has 0 unspecified atom stereocenters. The largest absolute Gasteiger partial charge is 0.241 e. The Balaban J connectivity index is 0.000000331. The predicted molar refractivity (Wildman–Crippen MR) is 146 cm³/mol. The number of halogens is 3. The van der Waals surface area contributed by atoms with Gasteiger partial charge in [0.05, 0.1) is 9.79 Å². The maximum atomic E-state index is 12.2. The van der Waals surface area contributed by atoms with Crippen molar-refractivity contribution in [1.82, 2.24) is 9.44 Å². The molecule has 2 aromatic carbocycles. The third-order valence-corrected chi connectivity index (χ3v) is 9.80. The van der Waals surface area contributed by atoms with E-state index in [0.29, 0.717) is 15.1 Å². The lowest BCUT2D eigenvalue weighted by molar-refractivity contribution is 0.489. The molecule has 0 saturated carbocycles. The van der Waals surface area contributed by atoms with Crippen LogP contribution < -0.4 is 9.44 Å². The van der Waals surface area contributed by atoms with Crippen LogP contribution in [0.2, 0.25) is 0 Å². The molecule has 0 aliphatic carbocycles. The summed E-state index contributed by atoms with van der Waals surface area (Å²) in [6, 6.07) is 10.3. The van der Waals surface area contributed by atoms with Gasteiger partial charge in [-0.05, 0) is 83.9 Å². The summed E-state index contributed by atoms with van der Waals surface area (Å²) in [6.07, 6.45) is 0. The van der Waals surface area contributed by atoms with Crippen LogP contribution >= 0.6 is 47.8 Å². The van der Waals surface area contributed by atoms with E-state index in [1.165, 1.54) is 0 Å². The van der Waals surface area contributed by atoms with Gasteiger partial charge in [0.1, 0.15) is 0 Å². The Hall–Kier alpha value is -0.300. The maximum Gasteiger partial charge on any atom is 0.241 e. The number of hydrogen-bond donors (Lipinski definition) is 2. The normalized spacial score (nSPS) is 12.8. The fourth-order valence-corrected chi connectivity index (χ4v) is 8.38. The summed E-state index contributed by atoms with van der Waals surface area (Å²) in [5, 5.41) is 0.481. The first-order valence-corrected chi connectivity index (χ1v) is 15.6. The van der Waals surface area contributed by atoms with Gasteiger partial charge in [-0.25, -0.2) is 26.3 Å². The molecule has 0 aliphatic rings. The standard InChI is InChI=1S/C11H15Br2NO2S.C11H16BrNO2S/c1-11(2,3)14-17(15,16)10-6-4-5-9(13)8(10)7-12;1-8-9(12)6-5-7-10(8)16(14,15)13-11(2,3)4/h4-6,14H,7H2,1-3H3;5-7,13H,1-4H3. The minimum absolute atomic E-state index is 0.304. The third kappa shape index (κ3) is 9.70. The zero-order valence-corrected chi connectivity index (χ0v) is 26.1. The number of rotatable bonds is 5. The lowest BCUT2D eigenvalue weighted by atomic mass is 10.1. The van der Waals surface area contributed by atoms with Crippen LogP contribution in [-0.2, 0) is 25.4 Å². The van der Waals surface area contributed by atoms with Crippen LogP contribution in [0.3, 0.4) is 0 Å². The van der Waals surface area contributed by atoms with E-state index >= 15 is 0 Å². The molecule has 0 spiro atoms. The van der Waals surface area contributed by atoms with Crippen molar-refractivity contribution in [2.24, 2.45) is 0 Å². The SMILES string of the molecule is CC(C)(C)NS(=O)(=O)c1cccc(Br)c1CBr.Cc1c(Br)cccc1S(=O)(=O)NC(C)(C)C. The monoisotopic (exact) mass is 688 g/mol. The molecule has 186 valence electrons. The molecule has 0 aliphatic heterocycles. The van der Waals surface area contributed by atoms with Crippen molar-refractivity contribution < 1.29 is 16.8 Å². The molecule has 0 saturated heterocycles. The second kappa shape index (κ2) is 11.6. The van der Waals surface area contributed by atoms with Crippen molar-refractivity contribution in [1.29, 1.82) is 0 Å². The number of benzene rings is 2. The van der Waals surface area contributed by atoms with Crippen LogP contribution in [0.25, 0.3) is 0 Å². The molecule has 0 aromatic heterocycles. The minimum Gasteiger partial charge on any atom is -0.207 e. The van der Waals surface area contributed by atoms with Crippen molar-refractivity contribution in [3.63, 3.8) is 0 Å². The Labute approximate surface area is 223 Å². The molecule has 0 heterocycles. The summed E-state index contributed by atoms with van der Waals surface area (Å²) in [4.78, 5) is 0.621. The first kappa shape index (κ1) is 30.7. The van der Waals surface area contributed by atoms with Crippen LogP contribution in [0.5, 0.6) is 0 Å². The number of hydrogen-bond acceptors (Lipinski definition) is 4. The van der Waals surface area contributed by atoms with E-state index in [-0.39, 0.29) is 0 Å². The Bertz CT molecular complexity index is 1190. The lowest BCUT2D eigenvalue weighted by Crippen LogP contribution is -2.40. The second-order valence-corrected chi connectivity index (χ2v) is 15.0. The van der Waals surface area contributed by atoms with Gasteiger partial charge in [0.15, 0.2) is 0 Å². The smallest absolute Gasteiger partial charge is 0.207 e. The van der Waals surface area contributed by atoms with Gasteiger partial charge in [-0.15, -0.1) is 0 Å². The van der Waals surface area contributed by atoms with E-state index in [1.807, 2.05) is 53.7 Å². The van der Waals surface area contributed by atoms with E-state index in [0.717, 1.165) is 20.1 Å². The molecule has 6 nitrogen and oxygen atoms in total. The molecule has 33 heavy (non-hydrogen) atoms. The summed E-state index contributed by atoms with van der Waals surface area (Å²) >= 11 is 9.99. The molecule has 0 fully saturated rings. The zero-order valence-electron chi connectivity index (χ0n) is 19.8. The van der Waals surface area contributed by atoms with Gasteiger partial charge in [-0.3, -0.25) is 0 Å². The Morgan fingerprint density at radius 1 is 0.727 bits per heavy atom. The van der Waals surface area contributed by atoms with Gasteiger partial charge in [0, 0.05) is 25.4 Å². The minimum atomic E-state index is -3.49. The summed E-state index contributed by atoms with van der Waals surface area (Å²) < 4.78 is 55.5. The van der Waals surface area contributed by atoms with Crippen LogP contribution in [-0.4, -0.2) is 27.9 Å². The van der Waals surface area contributed by atoms with Crippen molar-refractivity contribution in [3.05, 3.63) is 56.5 Å². The molecule has 0 bridgehead atoms. The lowest BCUT2D eigenvalue weighted by Gasteiger charge is -2.21. The van der Waals surface area contributed by atoms with E-state index in [2.05, 4.69) is 57.2 Å². The highest BCUT2D eigenvalue weighted by Gasteiger charge is 2.25. The second-order valence-electron chi connectivity index (χ2n) is 9.42. The first-order valence-electron chi connectivity index (χ1n) is 9.97. The topological polar surface area (TPSA) is 92.3 Å². The molecule has 2 rings (SSSR count). The highest BCUT2D eigenvalue weighted by Crippen LogP contribution is 2.27. The van der Waals surface area contributed by atoms with Crippen LogP contribution in [0.1, 0.15) is 52.7 Å². The van der Waals surface area contributed by atoms with Gasteiger partial charge in [0.25, 0.3) is 0 Å². The molecule has 0 atom stereocenters. The van der Waals surface area contributed by atoms with E-state index in [4.69, 9.17) is 0 Å². The maximum absolute atomic E-state index is 12.2. The number of alkyl halides is 1. The molecule has 11 heteroatoms. The molecule has 2 N–H and O–H groups in total. The summed E-state index contributed by atoms with van der Waals surface area (Å²) in [5.74, 6) is 0. The highest BCUT2D eigenvalue weighted by atomic mass is 79.9. The number of sulfonamides is 2. The van der Waals surface area contributed by atoms with Crippen molar-refractivity contribution in [3.8, 4) is 0 Å². The molecular formula is C22H31Br3N2O4S2. The van der Waals surface area contributed by atoms with Crippen molar-refractivity contribution in [2.45, 2.75) is 74.7 Å². The average molecular weight is 691 g/mol. The van der Waals surface area contributed by atoms with Crippen molar-refractivity contribution >= 4 is 67.8 Å². The zero-order chi connectivity index (χ0) is 25.8. The molecule has 0 radical (unpaired) electrons.